The first-order chi connectivity index (χ1) is 13.4. The molecule has 0 unspecified atom stereocenters. The van der Waals surface area contributed by atoms with Crippen molar-refractivity contribution in [3.8, 4) is 11.5 Å². The fourth-order valence-electron chi connectivity index (χ4n) is 3.02. The highest BCUT2D eigenvalue weighted by molar-refractivity contribution is 7.91. The summed E-state index contributed by atoms with van der Waals surface area (Å²) < 4.78 is 33.1. The van der Waals surface area contributed by atoms with E-state index >= 15 is 0 Å². The Morgan fingerprint density at radius 2 is 1.79 bits per heavy atom. The Hall–Kier alpha value is -1.78. The van der Waals surface area contributed by atoms with Gasteiger partial charge in [0.05, 0.1) is 6.54 Å². The molecule has 0 bridgehead atoms. The normalized spacial score (nSPS) is 16.5. The second kappa shape index (κ2) is 7.92. The van der Waals surface area contributed by atoms with Crippen molar-refractivity contribution in [1.82, 2.24) is 19.4 Å². The molecule has 7 nitrogen and oxygen atoms in total. The van der Waals surface area contributed by atoms with Gasteiger partial charge in [-0.1, -0.05) is 11.6 Å². The van der Waals surface area contributed by atoms with E-state index in [1.165, 1.54) is 11.3 Å². The van der Waals surface area contributed by atoms with E-state index in [1.807, 2.05) is 25.1 Å². The molecule has 148 valence electrons. The summed E-state index contributed by atoms with van der Waals surface area (Å²) in [7, 11) is -3.41. The molecule has 2 aromatic heterocycles. The minimum atomic E-state index is -3.41. The van der Waals surface area contributed by atoms with Crippen LogP contribution in [0, 0.1) is 6.92 Å². The third-order valence-corrected chi connectivity index (χ3v) is 8.18. The number of thiophene rings is 1. The van der Waals surface area contributed by atoms with Gasteiger partial charge in [-0.15, -0.1) is 21.5 Å². The Labute approximate surface area is 172 Å². The molecule has 3 heterocycles. The molecule has 0 N–H and O–H groups in total. The second-order valence-electron chi connectivity index (χ2n) is 6.55. The Morgan fingerprint density at radius 3 is 2.43 bits per heavy atom. The zero-order valence-electron chi connectivity index (χ0n) is 15.2. The van der Waals surface area contributed by atoms with Crippen LogP contribution in [0.1, 0.15) is 10.8 Å². The van der Waals surface area contributed by atoms with Crippen LogP contribution in [-0.2, 0) is 16.6 Å². The molecule has 3 aromatic rings. The van der Waals surface area contributed by atoms with Crippen LogP contribution in [0.2, 0.25) is 5.02 Å². The highest BCUT2D eigenvalue weighted by atomic mass is 35.5. The number of benzene rings is 1. The third kappa shape index (κ3) is 4.13. The summed E-state index contributed by atoms with van der Waals surface area (Å²) >= 11 is 7.21. The van der Waals surface area contributed by atoms with Gasteiger partial charge in [-0.2, -0.15) is 4.31 Å². The van der Waals surface area contributed by atoms with Crippen LogP contribution >= 0.6 is 22.9 Å². The van der Waals surface area contributed by atoms with Gasteiger partial charge in [-0.3, -0.25) is 4.90 Å². The maximum Gasteiger partial charge on any atom is 0.252 e. The summed E-state index contributed by atoms with van der Waals surface area (Å²) in [6, 6.07) is 10.7. The summed E-state index contributed by atoms with van der Waals surface area (Å²) in [4.78, 5) is 3.11. The van der Waals surface area contributed by atoms with Gasteiger partial charge in [0.15, 0.2) is 0 Å². The predicted molar refractivity (Wildman–Crippen MR) is 108 cm³/mol. The molecular weight excluding hydrogens is 420 g/mol. The number of piperazine rings is 1. The highest BCUT2D eigenvalue weighted by Gasteiger charge is 2.30. The van der Waals surface area contributed by atoms with Gasteiger partial charge in [0.2, 0.25) is 11.8 Å². The molecule has 0 radical (unpaired) electrons. The Bertz CT molecular complexity index is 1050. The number of hydrogen-bond acceptors (Lipinski definition) is 7. The molecule has 0 spiro atoms. The first-order valence-corrected chi connectivity index (χ1v) is 11.4. The fraction of sp³-hybridized carbons (Fsp3) is 0.333. The molecule has 4 rings (SSSR count). The van der Waals surface area contributed by atoms with Crippen LogP contribution in [-0.4, -0.2) is 54.0 Å². The van der Waals surface area contributed by atoms with Crippen LogP contribution in [0.3, 0.4) is 0 Å². The summed E-state index contributed by atoms with van der Waals surface area (Å²) in [6.45, 7) is 4.51. The van der Waals surface area contributed by atoms with Gasteiger partial charge in [-0.05, 0) is 43.3 Å². The molecule has 0 amide bonds. The molecule has 1 aliphatic heterocycles. The lowest BCUT2D eigenvalue weighted by Crippen LogP contribution is -2.48. The van der Waals surface area contributed by atoms with E-state index in [0.717, 1.165) is 10.4 Å². The van der Waals surface area contributed by atoms with Gasteiger partial charge in [0.25, 0.3) is 10.0 Å². The van der Waals surface area contributed by atoms with Crippen LogP contribution < -0.4 is 0 Å². The molecule has 0 aliphatic carbocycles. The highest BCUT2D eigenvalue weighted by Crippen LogP contribution is 2.25. The molecule has 0 saturated carbocycles. The lowest BCUT2D eigenvalue weighted by atomic mass is 10.2. The summed E-state index contributed by atoms with van der Waals surface area (Å²) in [5, 5.41) is 8.84. The average molecular weight is 439 g/mol. The van der Waals surface area contributed by atoms with E-state index in [4.69, 9.17) is 16.0 Å². The number of aromatic nitrogens is 2. The smallest absolute Gasteiger partial charge is 0.252 e. The van der Waals surface area contributed by atoms with E-state index in [-0.39, 0.29) is 0 Å². The van der Waals surface area contributed by atoms with Gasteiger partial charge >= 0.3 is 0 Å². The van der Waals surface area contributed by atoms with Gasteiger partial charge in [0, 0.05) is 41.6 Å². The molecule has 1 saturated heterocycles. The van der Waals surface area contributed by atoms with Crippen molar-refractivity contribution in [2.24, 2.45) is 0 Å². The van der Waals surface area contributed by atoms with E-state index in [1.54, 1.807) is 22.5 Å². The minimum absolute atomic E-state index is 0.406. The van der Waals surface area contributed by atoms with Gasteiger partial charge in [0.1, 0.15) is 4.21 Å². The van der Waals surface area contributed by atoms with E-state index in [9.17, 15) is 8.42 Å². The standard InChI is InChI=1S/C18H19ClN4O3S2/c1-13-2-7-17(27-13)28(24,25)23-10-8-22(9-11-23)12-16-20-21-18(26-16)14-3-5-15(19)6-4-14/h2-7H,8-12H2,1H3. The van der Waals surface area contributed by atoms with Crippen molar-refractivity contribution in [1.29, 1.82) is 0 Å². The zero-order chi connectivity index (χ0) is 19.7. The molecule has 1 aromatic carbocycles. The fourth-order valence-corrected chi connectivity index (χ4v) is 6.01. The summed E-state index contributed by atoms with van der Waals surface area (Å²) in [6.07, 6.45) is 0. The molecule has 10 heteroatoms. The average Bonchev–Trinajstić information content (AvgIpc) is 3.32. The maximum absolute atomic E-state index is 12.7. The van der Waals surface area contributed by atoms with Crippen molar-refractivity contribution < 1.29 is 12.8 Å². The first-order valence-electron chi connectivity index (χ1n) is 8.79. The zero-order valence-corrected chi connectivity index (χ0v) is 17.6. The molecule has 0 atom stereocenters. The van der Waals surface area contributed by atoms with Crippen LogP contribution in [0.15, 0.2) is 45.0 Å². The van der Waals surface area contributed by atoms with Crippen LogP contribution in [0.4, 0.5) is 0 Å². The minimum Gasteiger partial charge on any atom is -0.419 e. The molecule has 1 fully saturated rings. The van der Waals surface area contributed by atoms with E-state index < -0.39 is 10.0 Å². The molecule has 1 aliphatic rings. The van der Waals surface area contributed by atoms with Gasteiger partial charge < -0.3 is 4.42 Å². The number of hydrogen-bond donors (Lipinski definition) is 0. The van der Waals surface area contributed by atoms with Crippen molar-refractivity contribution >= 4 is 33.0 Å². The Kier molecular flexibility index (Phi) is 5.52. The monoisotopic (exact) mass is 438 g/mol. The van der Waals surface area contributed by atoms with E-state index in [2.05, 4.69) is 15.1 Å². The van der Waals surface area contributed by atoms with E-state index in [0.29, 0.717) is 53.7 Å². The quantitative estimate of drug-likeness (QED) is 0.608. The van der Waals surface area contributed by atoms with Crippen molar-refractivity contribution in [2.75, 3.05) is 26.2 Å². The number of aryl methyl sites for hydroxylation is 1. The maximum atomic E-state index is 12.7. The number of rotatable bonds is 5. The lowest BCUT2D eigenvalue weighted by molar-refractivity contribution is 0.169. The van der Waals surface area contributed by atoms with Crippen molar-refractivity contribution in [3.05, 3.63) is 52.2 Å². The summed E-state index contributed by atoms with van der Waals surface area (Å²) in [5.74, 6) is 0.955. The Balaban J connectivity index is 1.37. The predicted octanol–water partition coefficient (Wildman–Crippen LogP) is 3.27. The van der Waals surface area contributed by atoms with Gasteiger partial charge in [-0.25, -0.2) is 8.42 Å². The number of halogens is 1. The van der Waals surface area contributed by atoms with Crippen molar-refractivity contribution in [2.45, 2.75) is 17.7 Å². The van der Waals surface area contributed by atoms with Crippen molar-refractivity contribution in [3.63, 3.8) is 0 Å². The molecule has 28 heavy (non-hydrogen) atoms. The van der Waals surface area contributed by atoms with Crippen LogP contribution in [0.5, 0.6) is 0 Å². The SMILES string of the molecule is Cc1ccc(S(=O)(=O)N2CCN(Cc3nnc(-c4ccc(Cl)cc4)o3)CC2)s1. The second-order valence-corrected chi connectivity index (χ2v) is 10.4. The van der Waals surface area contributed by atoms with Crippen LogP contribution in [0.25, 0.3) is 11.5 Å². The topological polar surface area (TPSA) is 79.5 Å². The number of sulfonamides is 1. The Morgan fingerprint density at radius 1 is 1.07 bits per heavy atom. The summed E-state index contributed by atoms with van der Waals surface area (Å²) in [5.41, 5.74) is 0.810. The number of nitrogens with zero attached hydrogens (tertiary/aromatic N) is 4. The first kappa shape index (κ1) is 19.5. The largest absolute Gasteiger partial charge is 0.419 e. The lowest BCUT2D eigenvalue weighted by Gasteiger charge is -2.32. The molecular formula is C18H19ClN4O3S2. The third-order valence-electron chi connectivity index (χ3n) is 4.56.